The lowest BCUT2D eigenvalue weighted by molar-refractivity contribution is -0.120. The van der Waals surface area contributed by atoms with Gasteiger partial charge in [0.1, 0.15) is 11.6 Å². The molecule has 2 N–H and O–H groups in total. The van der Waals surface area contributed by atoms with E-state index in [9.17, 15) is 23.9 Å². The molecule has 9 heteroatoms. The minimum atomic E-state index is -0.785. The molecule has 0 spiro atoms. The van der Waals surface area contributed by atoms with Gasteiger partial charge in [-0.15, -0.1) is 0 Å². The lowest BCUT2D eigenvalue weighted by Gasteiger charge is -2.32. The number of benzene rings is 2. The zero-order valence-corrected chi connectivity index (χ0v) is 20.0. The van der Waals surface area contributed by atoms with Crippen molar-refractivity contribution in [2.45, 2.75) is 19.3 Å². The van der Waals surface area contributed by atoms with Crippen molar-refractivity contribution in [3.05, 3.63) is 65.1 Å². The number of carbonyl (C=O) groups is 3. The number of phenols is 1. The second-order valence-electron chi connectivity index (χ2n) is 9.27. The first kappa shape index (κ1) is 24.4. The highest BCUT2D eigenvalue weighted by Crippen LogP contribution is 2.31. The average molecular weight is 481 g/mol. The molecule has 4 rings (SSSR count). The molecule has 2 heterocycles. The first-order chi connectivity index (χ1) is 16.6. The Hall–Kier alpha value is -3.72. The van der Waals surface area contributed by atoms with E-state index in [4.69, 9.17) is 0 Å². The Morgan fingerprint density at radius 2 is 1.74 bits per heavy atom. The molecule has 1 aromatic heterocycles. The standard InChI is InChI=1S/C26H29FN4O4/c1-29(2)28-25(34)24(33)21-15-30(3)22-14-23(32)20(13-19(21)22)26(35)31-10-8-17(9-11-31)12-16-4-6-18(27)7-5-16/h4-7,13-15,17,32H,8-12H2,1-3H3,(H,28,34). The van der Waals surface area contributed by atoms with E-state index >= 15 is 0 Å². The van der Waals surface area contributed by atoms with Crippen molar-refractivity contribution in [1.29, 1.82) is 0 Å². The summed E-state index contributed by atoms with van der Waals surface area (Å²) in [5.74, 6) is -1.87. The van der Waals surface area contributed by atoms with E-state index in [1.807, 2.05) is 0 Å². The van der Waals surface area contributed by atoms with Gasteiger partial charge in [0.05, 0.1) is 16.6 Å². The molecule has 0 bridgehead atoms. The number of hydrazine groups is 1. The molecule has 0 unspecified atom stereocenters. The van der Waals surface area contributed by atoms with Gasteiger partial charge in [-0.1, -0.05) is 12.1 Å². The van der Waals surface area contributed by atoms with Crippen molar-refractivity contribution in [3.8, 4) is 5.75 Å². The lowest BCUT2D eigenvalue weighted by Crippen LogP contribution is -2.40. The Morgan fingerprint density at radius 3 is 2.37 bits per heavy atom. The molecule has 1 aliphatic rings. The van der Waals surface area contributed by atoms with E-state index in [1.54, 1.807) is 42.7 Å². The number of likely N-dealkylation sites (tertiary alicyclic amines) is 1. The highest BCUT2D eigenvalue weighted by molar-refractivity contribution is 6.45. The van der Waals surface area contributed by atoms with Gasteiger partial charge in [-0.05, 0) is 48.9 Å². The summed E-state index contributed by atoms with van der Waals surface area (Å²) in [6, 6.07) is 9.44. The molecule has 0 radical (unpaired) electrons. The lowest BCUT2D eigenvalue weighted by atomic mass is 9.90. The summed E-state index contributed by atoms with van der Waals surface area (Å²) in [6.07, 6.45) is 3.94. The van der Waals surface area contributed by atoms with E-state index in [-0.39, 0.29) is 28.6 Å². The Morgan fingerprint density at radius 1 is 1.09 bits per heavy atom. The molecule has 0 aliphatic carbocycles. The predicted octanol–water partition coefficient (Wildman–Crippen LogP) is 2.89. The fraction of sp³-hybridized carbons (Fsp3) is 0.346. The monoisotopic (exact) mass is 480 g/mol. The van der Waals surface area contributed by atoms with Crippen molar-refractivity contribution >= 4 is 28.5 Å². The molecule has 0 saturated carbocycles. The van der Waals surface area contributed by atoms with Crippen LogP contribution in [0.1, 0.15) is 39.1 Å². The van der Waals surface area contributed by atoms with Gasteiger partial charge in [-0.3, -0.25) is 19.8 Å². The van der Waals surface area contributed by atoms with Crippen LogP contribution >= 0.6 is 0 Å². The number of carbonyl (C=O) groups excluding carboxylic acids is 3. The summed E-state index contributed by atoms with van der Waals surface area (Å²) in [4.78, 5) is 40.0. The molecule has 35 heavy (non-hydrogen) atoms. The zero-order valence-electron chi connectivity index (χ0n) is 20.0. The Kier molecular flexibility index (Phi) is 6.88. The van der Waals surface area contributed by atoms with Crippen molar-refractivity contribution in [2.75, 3.05) is 27.2 Å². The number of Topliss-reactive ketones (excluding diaryl/α,β-unsaturated/α-hetero) is 1. The molecule has 184 valence electrons. The number of nitrogens with one attached hydrogen (secondary N) is 1. The fourth-order valence-electron chi connectivity index (χ4n) is 4.61. The summed E-state index contributed by atoms with van der Waals surface area (Å²) >= 11 is 0. The van der Waals surface area contributed by atoms with Crippen LogP contribution in [-0.4, -0.2) is 64.4 Å². The van der Waals surface area contributed by atoms with Crippen LogP contribution in [0.15, 0.2) is 42.6 Å². The number of aromatic nitrogens is 1. The van der Waals surface area contributed by atoms with E-state index in [0.717, 1.165) is 24.8 Å². The van der Waals surface area contributed by atoms with E-state index in [1.165, 1.54) is 35.5 Å². The van der Waals surface area contributed by atoms with E-state index < -0.39 is 11.7 Å². The topological polar surface area (TPSA) is 94.9 Å². The van der Waals surface area contributed by atoms with Crippen LogP contribution in [-0.2, 0) is 18.3 Å². The number of halogens is 1. The molecule has 2 amide bonds. The Balaban J connectivity index is 1.51. The summed E-state index contributed by atoms with van der Waals surface area (Å²) in [6.45, 7) is 1.07. The highest BCUT2D eigenvalue weighted by Gasteiger charge is 2.28. The van der Waals surface area contributed by atoms with Gasteiger partial charge in [-0.25, -0.2) is 9.40 Å². The van der Waals surface area contributed by atoms with Gasteiger partial charge in [0, 0.05) is 51.9 Å². The number of amides is 2. The van der Waals surface area contributed by atoms with Gasteiger partial charge in [0.15, 0.2) is 0 Å². The number of piperidine rings is 1. The summed E-state index contributed by atoms with van der Waals surface area (Å²) in [7, 11) is 4.91. The number of aryl methyl sites for hydroxylation is 1. The molecule has 3 aromatic rings. The van der Waals surface area contributed by atoms with Crippen LogP contribution in [0.2, 0.25) is 0 Å². The van der Waals surface area contributed by atoms with Crippen molar-refractivity contribution < 1.29 is 23.9 Å². The maximum atomic E-state index is 13.3. The third-order valence-electron chi connectivity index (χ3n) is 6.45. The Labute approximate surface area is 202 Å². The maximum Gasteiger partial charge on any atom is 0.306 e. The minimum Gasteiger partial charge on any atom is -0.507 e. The SMILES string of the molecule is CN(C)NC(=O)C(=O)c1cn(C)c2cc(O)c(C(=O)N3CCC(Cc4ccc(F)cc4)CC3)cc12. The van der Waals surface area contributed by atoms with E-state index in [2.05, 4.69) is 5.43 Å². The molecule has 8 nitrogen and oxygen atoms in total. The van der Waals surface area contributed by atoms with Crippen molar-refractivity contribution in [1.82, 2.24) is 19.9 Å². The van der Waals surface area contributed by atoms with Crippen LogP contribution in [0.4, 0.5) is 4.39 Å². The second kappa shape index (κ2) is 9.87. The largest absolute Gasteiger partial charge is 0.507 e. The number of phenolic OH excluding ortho intramolecular Hbond substituents is 1. The zero-order chi connectivity index (χ0) is 25.3. The number of ketones is 1. The first-order valence-electron chi connectivity index (χ1n) is 11.5. The van der Waals surface area contributed by atoms with Gasteiger partial charge in [0.2, 0.25) is 0 Å². The van der Waals surface area contributed by atoms with Gasteiger partial charge in [0.25, 0.3) is 11.7 Å². The molecule has 0 atom stereocenters. The fourth-order valence-corrected chi connectivity index (χ4v) is 4.61. The summed E-state index contributed by atoms with van der Waals surface area (Å²) in [5.41, 5.74) is 4.30. The van der Waals surface area contributed by atoms with Gasteiger partial charge in [-0.2, -0.15) is 0 Å². The first-order valence-corrected chi connectivity index (χ1v) is 11.5. The van der Waals surface area contributed by atoms with Gasteiger partial charge < -0.3 is 14.6 Å². The van der Waals surface area contributed by atoms with Crippen LogP contribution in [0, 0.1) is 11.7 Å². The molecule has 1 saturated heterocycles. The molecular formula is C26H29FN4O4. The van der Waals surface area contributed by atoms with Crippen molar-refractivity contribution in [2.24, 2.45) is 13.0 Å². The minimum absolute atomic E-state index is 0.0998. The Bertz CT molecular complexity index is 1270. The van der Waals surface area contributed by atoms with Crippen LogP contribution < -0.4 is 5.43 Å². The number of rotatable bonds is 6. The van der Waals surface area contributed by atoms with Crippen LogP contribution in [0.25, 0.3) is 10.9 Å². The third kappa shape index (κ3) is 5.19. The molecule has 2 aromatic carbocycles. The third-order valence-corrected chi connectivity index (χ3v) is 6.45. The molecule has 1 fully saturated rings. The predicted molar refractivity (Wildman–Crippen MR) is 129 cm³/mol. The maximum absolute atomic E-state index is 13.3. The average Bonchev–Trinajstić information content (AvgIpc) is 3.14. The van der Waals surface area contributed by atoms with Crippen LogP contribution in [0.5, 0.6) is 5.75 Å². The van der Waals surface area contributed by atoms with Crippen molar-refractivity contribution in [3.63, 3.8) is 0 Å². The second-order valence-corrected chi connectivity index (χ2v) is 9.27. The number of aromatic hydroxyl groups is 1. The highest BCUT2D eigenvalue weighted by atomic mass is 19.1. The van der Waals surface area contributed by atoms with Crippen LogP contribution in [0.3, 0.4) is 0 Å². The van der Waals surface area contributed by atoms with E-state index in [0.29, 0.717) is 29.9 Å². The number of nitrogens with zero attached hydrogens (tertiary/aromatic N) is 3. The quantitative estimate of drug-likeness (QED) is 0.321. The smallest absolute Gasteiger partial charge is 0.306 e. The van der Waals surface area contributed by atoms with Gasteiger partial charge >= 0.3 is 5.91 Å². The summed E-state index contributed by atoms with van der Waals surface area (Å²) in [5, 5.41) is 12.4. The summed E-state index contributed by atoms with van der Waals surface area (Å²) < 4.78 is 14.8. The number of hydrogen-bond donors (Lipinski definition) is 2. The molecular weight excluding hydrogens is 451 g/mol. The number of hydrogen-bond acceptors (Lipinski definition) is 5. The normalized spacial score (nSPS) is 14.5. The number of fused-ring (bicyclic) bond motifs is 1. The molecule has 1 aliphatic heterocycles.